The Morgan fingerprint density at radius 2 is 2.05 bits per heavy atom. The Labute approximate surface area is 113 Å². The highest BCUT2D eigenvalue weighted by Gasteiger charge is 2.16. The summed E-state index contributed by atoms with van der Waals surface area (Å²) in [6.45, 7) is 0.194. The lowest BCUT2D eigenvalue weighted by molar-refractivity contribution is -0.392. The van der Waals surface area contributed by atoms with E-state index in [1.54, 1.807) is 6.07 Å². The van der Waals surface area contributed by atoms with Crippen LogP contribution in [0.25, 0.3) is 11.3 Å². The first-order valence-electron chi connectivity index (χ1n) is 5.91. The molecule has 0 aliphatic rings. The molecule has 0 aliphatic heterocycles. The third kappa shape index (κ3) is 2.28. The topological polar surface area (TPSA) is 87.0 Å². The van der Waals surface area contributed by atoms with Crippen molar-refractivity contribution in [3.63, 3.8) is 0 Å². The van der Waals surface area contributed by atoms with Crippen molar-refractivity contribution in [2.75, 3.05) is 0 Å². The number of hydrogen-bond acceptors (Lipinski definition) is 5. The van der Waals surface area contributed by atoms with Crippen LogP contribution >= 0.6 is 0 Å². The standard InChI is InChI=1S/C13H10N4O3/c18-17(19)13-6-7-14-16(13)9-11-8-12(20-15-11)10-4-2-1-3-5-10/h1-8H,9H2. The second-order valence-electron chi connectivity index (χ2n) is 4.15. The van der Waals surface area contributed by atoms with Crippen molar-refractivity contribution >= 4 is 5.82 Å². The molecule has 0 spiro atoms. The lowest BCUT2D eigenvalue weighted by Crippen LogP contribution is -2.05. The Balaban J connectivity index is 1.84. The highest BCUT2D eigenvalue weighted by atomic mass is 16.6. The van der Waals surface area contributed by atoms with Gasteiger partial charge in [0.25, 0.3) is 0 Å². The maximum atomic E-state index is 10.8. The zero-order valence-corrected chi connectivity index (χ0v) is 10.3. The van der Waals surface area contributed by atoms with Crippen LogP contribution in [-0.4, -0.2) is 19.9 Å². The first-order chi connectivity index (χ1) is 9.74. The van der Waals surface area contributed by atoms with Crippen molar-refractivity contribution in [1.82, 2.24) is 14.9 Å². The third-order valence-corrected chi connectivity index (χ3v) is 2.81. The molecule has 100 valence electrons. The van der Waals surface area contributed by atoms with Gasteiger partial charge in [-0.05, 0) is 4.92 Å². The zero-order chi connectivity index (χ0) is 13.9. The van der Waals surface area contributed by atoms with Crippen LogP contribution in [0.15, 0.2) is 53.2 Å². The highest BCUT2D eigenvalue weighted by Crippen LogP contribution is 2.20. The second-order valence-corrected chi connectivity index (χ2v) is 4.15. The summed E-state index contributed by atoms with van der Waals surface area (Å²) in [6.07, 6.45) is 1.39. The second kappa shape index (κ2) is 4.96. The van der Waals surface area contributed by atoms with Gasteiger partial charge in [-0.15, -0.1) is 4.68 Å². The van der Waals surface area contributed by atoms with Crippen LogP contribution in [0.5, 0.6) is 0 Å². The smallest absolute Gasteiger partial charge is 0.345 e. The molecule has 2 heterocycles. The molecule has 0 bridgehead atoms. The minimum Gasteiger partial charge on any atom is -0.358 e. The van der Waals surface area contributed by atoms with E-state index in [2.05, 4.69) is 10.3 Å². The normalized spacial score (nSPS) is 10.6. The van der Waals surface area contributed by atoms with Crippen LogP contribution < -0.4 is 0 Å². The fourth-order valence-electron chi connectivity index (χ4n) is 1.88. The molecule has 0 fully saturated rings. The summed E-state index contributed by atoms with van der Waals surface area (Å²) < 4.78 is 6.51. The highest BCUT2D eigenvalue weighted by molar-refractivity contribution is 5.56. The molecule has 0 saturated carbocycles. The summed E-state index contributed by atoms with van der Waals surface area (Å²) in [6, 6.07) is 12.6. The van der Waals surface area contributed by atoms with Crippen LogP contribution in [0.1, 0.15) is 5.69 Å². The minimum absolute atomic E-state index is 0.0748. The maximum absolute atomic E-state index is 10.8. The fraction of sp³-hybridized carbons (Fsp3) is 0.0769. The van der Waals surface area contributed by atoms with Crippen LogP contribution in [0, 0.1) is 10.1 Å². The van der Waals surface area contributed by atoms with Crippen molar-refractivity contribution in [1.29, 1.82) is 0 Å². The molecule has 0 saturated heterocycles. The largest absolute Gasteiger partial charge is 0.358 e. The van der Waals surface area contributed by atoms with Gasteiger partial charge in [-0.25, -0.2) is 0 Å². The zero-order valence-electron chi connectivity index (χ0n) is 10.3. The molecule has 1 aromatic carbocycles. The van der Waals surface area contributed by atoms with Crippen molar-refractivity contribution in [3.8, 4) is 11.3 Å². The lowest BCUT2D eigenvalue weighted by atomic mass is 10.2. The van der Waals surface area contributed by atoms with Gasteiger partial charge < -0.3 is 14.6 Å². The van der Waals surface area contributed by atoms with E-state index in [9.17, 15) is 10.1 Å². The van der Waals surface area contributed by atoms with E-state index in [1.807, 2.05) is 30.3 Å². The van der Waals surface area contributed by atoms with E-state index in [1.165, 1.54) is 16.9 Å². The predicted molar refractivity (Wildman–Crippen MR) is 69.9 cm³/mol. The van der Waals surface area contributed by atoms with Gasteiger partial charge in [0.05, 0.1) is 12.3 Å². The number of nitrogens with zero attached hydrogens (tertiary/aromatic N) is 4. The maximum Gasteiger partial charge on any atom is 0.345 e. The van der Waals surface area contributed by atoms with Crippen LogP contribution in [0.2, 0.25) is 0 Å². The van der Waals surface area contributed by atoms with Crippen molar-refractivity contribution in [2.45, 2.75) is 6.54 Å². The van der Waals surface area contributed by atoms with Gasteiger partial charge in [0.15, 0.2) is 12.3 Å². The van der Waals surface area contributed by atoms with Gasteiger partial charge in [-0.2, -0.15) is 0 Å². The summed E-state index contributed by atoms with van der Waals surface area (Å²) >= 11 is 0. The molecular formula is C13H10N4O3. The summed E-state index contributed by atoms with van der Waals surface area (Å²) in [5, 5.41) is 18.6. The number of rotatable bonds is 4. The molecule has 0 atom stereocenters. The lowest BCUT2D eigenvalue weighted by Gasteiger charge is -1.95. The Morgan fingerprint density at radius 1 is 1.25 bits per heavy atom. The first-order valence-corrected chi connectivity index (χ1v) is 5.91. The van der Waals surface area contributed by atoms with Gasteiger partial charge in [0.1, 0.15) is 5.69 Å². The van der Waals surface area contributed by atoms with E-state index in [4.69, 9.17) is 4.52 Å². The van der Waals surface area contributed by atoms with Gasteiger partial charge >= 0.3 is 5.82 Å². The number of benzene rings is 1. The van der Waals surface area contributed by atoms with E-state index in [0.29, 0.717) is 11.5 Å². The van der Waals surface area contributed by atoms with Crippen LogP contribution in [-0.2, 0) is 6.54 Å². The van der Waals surface area contributed by atoms with E-state index in [0.717, 1.165) is 5.56 Å². The minimum atomic E-state index is -0.481. The average molecular weight is 270 g/mol. The molecule has 2 aromatic heterocycles. The molecule has 7 heteroatoms. The molecule has 3 aromatic rings. The predicted octanol–water partition coefficient (Wildman–Crippen LogP) is 2.49. The molecule has 20 heavy (non-hydrogen) atoms. The van der Waals surface area contributed by atoms with E-state index < -0.39 is 4.92 Å². The van der Waals surface area contributed by atoms with Crippen LogP contribution in [0.4, 0.5) is 5.82 Å². The van der Waals surface area contributed by atoms with Crippen molar-refractivity contribution in [3.05, 3.63) is 64.5 Å². The Morgan fingerprint density at radius 3 is 2.80 bits per heavy atom. The summed E-state index contributed by atoms with van der Waals surface area (Å²) in [5.74, 6) is 0.546. The molecular weight excluding hydrogens is 260 g/mol. The van der Waals surface area contributed by atoms with Gasteiger partial charge in [0, 0.05) is 11.6 Å². The molecule has 3 rings (SSSR count). The first kappa shape index (κ1) is 12.1. The average Bonchev–Trinajstić information content (AvgIpc) is 3.09. The van der Waals surface area contributed by atoms with Crippen LogP contribution in [0.3, 0.4) is 0 Å². The number of nitro groups is 1. The molecule has 7 nitrogen and oxygen atoms in total. The monoisotopic (exact) mass is 270 g/mol. The quantitative estimate of drug-likeness (QED) is 0.537. The fourth-order valence-corrected chi connectivity index (χ4v) is 1.88. The molecule has 0 aliphatic carbocycles. The summed E-state index contributed by atoms with van der Waals surface area (Å²) in [4.78, 5) is 10.3. The van der Waals surface area contributed by atoms with Gasteiger partial charge in [-0.1, -0.05) is 40.6 Å². The summed E-state index contributed by atoms with van der Waals surface area (Å²) in [7, 11) is 0. The SMILES string of the molecule is O=[N+]([O-])c1ccnn1Cc1cc(-c2ccccc2)on1. The Kier molecular flexibility index (Phi) is 3.00. The summed E-state index contributed by atoms with van der Waals surface area (Å²) in [5.41, 5.74) is 1.48. The van der Waals surface area contributed by atoms with Gasteiger partial charge in [0.2, 0.25) is 0 Å². The van der Waals surface area contributed by atoms with Crippen molar-refractivity contribution < 1.29 is 9.45 Å². The third-order valence-electron chi connectivity index (χ3n) is 2.81. The molecule has 0 unspecified atom stereocenters. The molecule has 0 radical (unpaired) electrons. The Bertz CT molecular complexity index is 733. The molecule has 0 N–H and O–H groups in total. The number of aromatic nitrogens is 3. The van der Waals surface area contributed by atoms with E-state index >= 15 is 0 Å². The van der Waals surface area contributed by atoms with Gasteiger partial charge in [-0.3, -0.25) is 0 Å². The molecule has 0 amide bonds. The Hall–Kier alpha value is -2.96. The van der Waals surface area contributed by atoms with E-state index in [-0.39, 0.29) is 12.4 Å². The van der Waals surface area contributed by atoms with Crippen molar-refractivity contribution in [2.24, 2.45) is 0 Å². The number of hydrogen-bond donors (Lipinski definition) is 0.